The van der Waals surface area contributed by atoms with Gasteiger partial charge in [-0.3, -0.25) is 0 Å². The molecule has 1 heterocycles. The lowest BCUT2D eigenvalue weighted by molar-refractivity contribution is -0.185. The summed E-state index contributed by atoms with van der Waals surface area (Å²) in [6.45, 7) is 1.27. The Kier molecular flexibility index (Phi) is 6.25. The van der Waals surface area contributed by atoms with E-state index in [2.05, 4.69) is 0 Å². The first-order valence-electron chi connectivity index (χ1n) is 8.53. The molecule has 28 heavy (non-hydrogen) atoms. The van der Waals surface area contributed by atoms with Crippen molar-refractivity contribution in [2.24, 2.45) is 0 Å². The summed E-state index contributed by atoms with van der Waals surface area (Å²) < 4.78 is 16.2. The van der Waals surface area contributed by atoms with Gasteiger partial charge in [-0.1, -0.05) is 23.2 Å². The zero-order valence-electron chi connectivity index (χ0n) is 14.9. The molecule has 0 aromatic heterocycles. The maximum Gasteiger partial charge on any atom is 0.338 e. The van der Waals surface area contributed by atoms with E-state index in [0.717, 1.165) is 0 Å². The molecular weight excluding hydrogens is 407 g/mol. The number of carbonyl (C=O) groups is 2. The summed E-state index contributed by atoms with van der Waals surface area (Å²) in [5.74, 6) is -2.66. The van der Waals surface area contributed by atoms with Crippen LogP contribution in [0.2, 0.25) is 10.0 Å². The lowest BCUT2D eigenvalue weighted by Crippen LogP contribution is -2.32. The van der Waals surface area contributed by atoms with Gasteiger partial charge in [-0.15, -0.1) is 0 Å². The van der Waals surface area contributed by atoms with Crippen molar-refractivity contribution < 1.29 is 28.9 Å². The molecule has 0 aliphatic carbocycles. The Morgan fingerprint density at radius 1 is 1.04 bits per heavy atom. The molecule has 2 aromatic carbocycles. The second-order valence-corrected chi connectivity index (χ2v) is 7.46. The minimum absolute atomic E-state index is 0.0511. The zero-order valence-corrected chi connectivity index (χ0v) is 16.4. The standard InChI is InChI=1S/C20H18Cl2O6/c1-20(25)10-16(27-19(24)13-4-8-15(22)9-5-13)17(28-20)11-26-18(23)12-2-6-14(21)7-3-12/h2-9,16-17,25H,10-11H2,1H3/t16-,17+,20?/m0/s1. The molecule has 3 rings (SSSR count). The van der Waals surface area contributed by atoms with Crippen LogP contribution in [0.4, 0.5) is 0 Å². The molecule has 1 fully saturated rings. The van der Waals surface area contributed by atoms with Gasteiger partial charge in [0.05, 0.1) is 11.1 Å². The third kappa shape index (κ3) is 5.23. The molecule has 0 amide bonds. The van der Waals surface area contributed by atoms with Crippen molar-refractivity contribution in [3.8, 4) is 0 Å². The minimum Gasteiger partial charge on any atom is -0.459 e. The first-order valence-corrected chi connectivity index (χ1v) is 9.28. The highest BCUT2D eigenvalue weighted by molar-refractivity contribution is 6.30. The smallest absolute Gasteiger partial charge is 0.338 e. The van der Waals surface area contributed by atoms with E-state index in [-0.39, 0.29) is 13.0 Å². The van der Waals surface area contributed by atoms with E-state index < -0.39 is 29.9 Å². The second kappa shape index (κ2) is 8.49. The molecule has 0 spiro atoms. The molecule has 1 N–H and O–H groups in total. The highest BCUT2D eigenvalue weighted by Gasteiger charge is 2.45. The van der Waals surface area contributed by atoms with Crippen LogP contribution < -0.4 is 0 Å². The number of ether oxygens (including phenoxy) is 3. The third-order valence-electron chi connectivity index (χ3n) is 4.20. The maximum absolute atomic E-state index is 12.3. The SMILES string of the molecule is CC1(O)C[C@H](OC(=O)c2ccc(Cl)cc2)[C@@H](COC(=O)c2ccc(Cl)cc2)O1. The zero-order chi connectivity index (χ0) is 20.3. The van der Waals surface area contributed by atoms with E-state index in [1.54, 1.807) is 24.3 Å². The highest BCUT2D eigenvalue weighted by Crippen LogP contribution is 2.31. The van der Waals surface area contributed by atoms with Gasteiger partial charge in [-0.2, -0.15) is 0 Å². The number of benzene rings is 2. The van der Waals surface area contributed by atoms with Crippen molar-refractivity contribution in [3.05, 3.63) is 69.7 Å². The van der Waals surface area contributed by atoms with Gasteiger partial charge in [0.25, 0.3) is 0 Å². The summed E-state index contributed by atoms with van der Waals surface area (Å²) in [6, 6.07) is 12.4. The normalized spacial score (nSPS) is 24.0. The number of hydrogen-bond donors (Lipinski definition) is 1. The first kappa shape index (κ1) is 20.6. The third-order valence-corrected chi connectivity index (χ3v) is 4.70. The molecule has 8 heteroatoms. The fourth-order valence-corrected chi connectivity index (χ4v) is 3.08. The van der Waals surface area contributed by atoms with Gasteiger partial charge in [-0.05, 0) is 55.5 Å². The van der Waals surface area contributed by atoms with Crippen molar-refractivity contribution in [2.75, 3.05) is 6.61 Å². The summed E-state index contributed by atoms with van der Waals surface area (Å²) in [5, 5.41) is 11.2. The van der Waals surface area contributed by atoms with Crippen LogP contribution in [-0.2, 0) is 14.2 Å². The van der Waals surface area contributed by atoms with Crippen LogP contribution in [0.1, 0.15) is 34.1 Å². The van der Waals surface area contributed by atoms with Crippen LogP contribution in [0.3, 0.4) is 0 Å². The molecule has 1 aliphatic heterocycles. The summed E-state index contributed by atoms with van der Waals surface area (Å²) in [6.07, 6.45) is -1.53. The summed E-state index contributed by atoms with van der Waals surface area (Å²) in [7, 11) is 0. The second-order valence-electron chi connectivity index (χ2n) is 6.59. The van der Waals surface area contributed by atoms with Crippen molar-refractivity contribution in [2.45, 2.75) is 31.3 Å². The van der Waals surface area contributed by atoms with Crippen molar-refractivity contribution in [3.63, 3.8) is 0 Å². The van der Waals surface area contributed by atoms with E-state index in [0.29, 0.717) is 21.2 Å². The molecule has 2 aromatic rings. The fraction of sp³-hybridized carbons (Fsp3) is 0.300. The van der Waals surface area contributed by atoms with Gasteiger partial charge in [0, 0.05) is 16.5 Å². The predicted octanol–water partition coefficient (Wildman–Crippen LogP) is 3.87. The maximum atomic E-state index is 12.3. The van der Waals surface area contributed by atoms with Crippen LogP contribution in [0.25, 0.3) is 0 Å². The van der Waals surface area contributed by atoms with Gasteiger partial charge >= 0.3 is 11.9 Å². The van der Waals surface area contributed by atoms with Gasteiger partial charge < -0.3 is 19.3 Å². The topological polar surface area (TPSA) is 82.1 Å². The summed E-state index contributed by atoms with van der Waals surface area (Å²) in [4.78, 5) is 24.5. The molecule has 0 saturated carbocycles. The lowest BCUT2D eigenvalue weighted by atomic mass is 10.1. The molecular formula is C20H18Cl2O6. The molecule has 3 atom stereocenters. The van der Waals surface area contributed by atoms with Crippen LogP contribution >= 0.6 is 23.2 Å². The predicted molar refractivity (Wildman–Crippen MR) is 103 cm³/mol. The summed E-state index contributed by atoms with van der Waals surface area (Å²) >= 11 is 11.6. The Labute approximate surface area is 171 Å². The van der Waals surface area contributed by atoms with Crippen LogP contribution in [-0.4, -0.2) is 41.6 Å². The Balaban J connectivity index is 1.63. The quantitative estimate of drug-likeness (QED) is 0.733. The first-order chi connectivity index (χ1) is 13.2. The molecule has 1 aliphatic rings. The van der Waals surface area contributed by atoms with E-state index in [1.807, 2.05) is 0 Å². The average Bonchev–Trinajstić information content (AvgIpc) is 2.94. The fourth-order valence-electron chi connectivity index (χ4n) is 2.83. The van der Waals surface area contributed by atoms with Gasteiger partial charge in [0.2, 0.25) is 0 Å². The van der Waals surface area contributed by atoms with Crippen molar-refractivity contribution in [1.82, 2.24) is 0 Å². The number of esters is 2. The number of aliphatic hydroxyl groups is 1. The van der Waals surface area contributed by atoms with Crippen LogP contribution in [0.5, 0.6) is 0 Å². The number of rotatable bonds is 5. The van der Waals surface area contributed by atoms with Gasteiger partial charge in [-0.25, -0.2) is 9.59 Å². The number of carbonyl (C=O) groups excluding carboxylic acids is 2. The average molecular weight is 425 g/mol. The largest absolute Gasteiger partial charge is 0.459 e. The number of hydrogen-bond acceptors (Lipinski definition) is 6. The number of halogens is 2. The Morgan fingerprint density at radius 3 is 2.07 bits per heavy atom. The Bertz CT molecular complexity index is 848. The van der Waals surface area contributed by atoms with E-state index in [9.17, 15) is 14.7 Å². The monoisotopic (exact) mass is 424 g/mol. The van der Waals surface area contributed by atoms with E-state index >= 15 is 0 Å². The van der Waals surface area contributed by atoms with Crippen LogP contribution in [0.15, 0.2) is 48.5 Å². The molecule has 148 valence electrons. The van der Waals surface area contributed by atoms with Gasteiger partial charge in [0.1, 0.15) is 18.8 Å². The molecule has 0 radical (unpaired) electrons. The Hall–Kier alpha value is -2.12. The van der Waals surface area contributed by atoms with Gasteiger partial charge in [0.15, 0.2) is 5.79 Å². The van der Waals surface area contributed by atoms with Crippen molar-refractivity contribution in [1.29, 1.82) is 0 Å². The Morgan fingerprint density at radius 2 is 1.54 bits per heavy atom. The van der Waals surface area contributed by atoms with E-state index in [4.69, 9.17) is 37.4 Å². The van der Waals surface area contributed by atoms with Crippen LogP contribution in [0, 0.1) is 0 Å². The lowest BCUT2D eigenvalue weighted by Gasteiger charge is -2.19. The molecule has 0 bridgehead atoms. The highest BCUT2D eigenvalue weighted by atomic mass is 35.5. The molecule has 1 unspecified atom stereocenters. The molecule has 6 nitrogen and oxygen atoms in total. The minimum atomic E-state index is -1.50. The van der Waals surface area contributed by atoms with E-state index in [1.165, 1.54) is 31.2 Å². The van der Waals surface area contributed by atoms with Crippen molar-refractivity contribution >= 4 is 35.1 Å². The summed E-state index contributed by atoms with van der Waals surface area (Å²) in [5.41, 5.74) is 0.636. The molecule has 1 saturated heterocycles.